The number of hydrogen-bond acceptors (Lipinski definition) is 3. The van der Waals surface area contributed by atoms with E-state index in [-0.39, 0.29) is 10.8 Å². The summed E-state index contributed by atoms with van der Waals surface area (Å²) in [7, 11) is 0. The highest BCUT2D eigenvalue weighted by molar-refractivity contribution is 6.30. The van der Waals surface area contributed by atoms with Gasteiger partial charge < -0.3 is 5.73 Å². The van der Waals surface area contributed by atoms with Crippen molar-refractivity contribution in [3.63, 3.8) is 0 Å². The van der Waals surface area contributed by atoms with Gasteiger partial charge in [0.05, 0.1) is 5.02 Å². The maximum absolute atomic E-state index is 14.0. The fourth-order valence-electron chi connectivity index (χ4n) is 3.45. The highest BCUT2D eigenvalue weighted by atomic mass is 35.5. The lowest BCUT2D eigenvalue weighted by molar-refractivity contribution is 0.151. The summed E-state index contributed by atoms with van der Waals surface area (Å²) in [4.78, 5) is 4.88. The van der Waals surface area contributed by atoms with Crippen molar-refractivity contribution < 1.29 is 4.39 Å². The molecule has 2 aliphatic heterocycles. The van der Waals surface area contributed by atoms with Gasteiger partial charge in [0.25, 0.3) is 0 Å². The van der Waals surface area contributed by atoms with Crippen LogP contribution in [0.1, 0.15) is 24.8 Å². The van der Waals surface area contributed by atoms with Crippen LogP contribution in [0.2, 0.25) is 5.02 Å². The van der Waals surface area contributed by atoms with Gasteiger partial charge in [0, 0.05) is 37.3 Å². The lowest BCUT2D eigenvalue weighted by atomic mass is 10.0. The second-order valence-electron chi connectivity index (χ2n) is 6.26. The van der Waals surface area contributed by atoms with Crippen LogP contribution in [0.5, 0.6) is 0 Å². The van der Waals surface area contributed by atoms with E-state index >= 15 is 0 Å². The number of nitrogens with two attached hydrogens (primary N) is 1. The van der Waals surface area contributed by atoms with E-state index in [1.165, 1.54) is 0 Å². The quantitative estimate of drug-likeness (QED) is 0.931. The van der Waals surface area contributed by atoms with Crippen molar-refractivity contribution in [2.45, 2.75) is 37.9 Å². The number of nitrogens with zero attached hydrogens (tertiary/aromatic N) is 2. The van der Waals surface area contributed by atoms with E-state index < -0.39 is 0 Å². The van der Waals surface area contributed by atoms with E-state index in [0.29, 0.717) is 24.2 Å². The Hall–Kier alpha value is -0.680. The molecular formula is C16H23ClFN3. The summed E-state index contributed by atoms with van der Waals surface area (Å²) in [5.74, 6) is -0.272. The fourth-order valence-corrected chi connectivity index (χ4v) is 3.64. The largest absolute Gasteiger partial charge is 0.328 e. The van der Waals surface area contributed by atoms with Gasteiger partial charge in [-0.25, -0.2) is 4.39 Å². The van der Waals surface area contributed by atoms with Crippen LogP contribution in [-0.2, 0) is 6.54 Å². The highest BCUT2D eigenvalue weighted by Crippen LogP contribution is 2.24. The van der Waals surface area contributed by atoms with Gasteiger partial charge in [0.15, 0.2) is 0 Å². The third kappa shape index (κ3) is 3.57. The van der Waals surface area contributed by atoms with Crippen molar-refractivity contribution in [1.29, 1.82) is 0 Å². The zero-order valence-corrected chi connectivity index (χ0v) is 13.0. The van der Waals surface area contributed by atoms with Crippen molar-refractivity contribution in [1.82, 2.24) is 9.80 Å². The zero-order valence-electron chi connectivity index (χ0n) is 12.3. The molecule has 2 heterocycles. The van der Waals surface area contributed by atoms with E-state index in [0.717, 1.165) is 45.4 Å². The van der Waals surface area contributed by atoms with Crippen LogP contribution < -0.4 is 5.73 Å². The molecule has 1 aromatic carbocycles. The van der Waals surface area contributed by atoms with E-state index in [1.54, 1.807) is 6.07 Å². The predicted molar refractivity (Wildman–Crippen MR) is 83.9 cm³/mol. The average molecular weight is 312 g/mol. The third-order valence-electron chi connectivity index (χ3n) is 4.76. The van der Waals surface area contributed by atoms with Crippen LogP contribution >= 0.6 is 11.6 Å². The van der Waals surface area contributed by atoms with Gasteiger partial charge in [-0.05, 0) is 38.4 Å². The average Bonchev–Trinajstić information content (AvgIpc) is 2.93. The molecule has 0 bridgehead atoms. The number of halogens is 2. The molecular weight excluding hydrogens is 289 g/mol. The first-order valence-electron chi connectivity index (χ1n) is 7.78. The van der Waals surface area contributed by atoms with Gasteiger partial charge >= 0.3 is 0 Å². The van der Waals surface area contributed by atoms with Gasteiger partial charge in [-0.15, -0.1) is 0 Å². The highest BCUT2D eigenvalue weighted by Gasteiger charge is 2.30. The molecule has 3 nitrogen and oxygen atoms in total. The Morgan fingerprint density at radius 2 is 1.95 bits per heavy atom. The number of hydrogen-bond donors (Lipinski definition) is 1. The first-order valence-corrected chi connectivity index (χ1v) is 8.16. The maximum Gasteiger partial charge on any atom is 0.146 e. The molecule has 0 aromatic heterocycles. The molecule has 0 radical (unpaired) electrons. The Morgan fingerprint density at radius 1 is 1.19 bits per heavy atom. The molecule has 1 aromatic rings. The van der Waals surface area contributed by atoms with Crippen molar-refractivity contribution >= 4 is 11.6 Å². The van der Waals surface area contributed by atoms with E-state index in [2.05, 4.69) is 9.80 Å². The van der Waals surface area contributed by atoms with Crippen LogP contribution in [-0.4, -0.2) is 48.1 Å². The topological polar surface area (TPSA) is 32.5 Å². The number of benzene rings is 1. The third-order valence-corrected chi connectivity index (χ3v) is 5.06. The van der Waals surface area contributed by atoms with Crippen LogP contribution in [0, 0.1) is 5.82 Å². The Balaban J connectivity index is 1.56. The van der Waals surface area contributed by atoms with E-state index in [9.17, 15) is 4.39 Å². The van der Waals surface area contributed by atoms with Gasteiger partial charge in [-0.2, -0.15) is 0 Å². The molecule has 1 unspecified atom stereocenters. The SMILES string of the molecule is NC1CCN(C2CCN(Cc3cccc(Cl)c3F)C2)CC1. The molecule has 3 rings (SSSR count). The maximum atomic E-state index is 14.0. The van der Waals surface area contributed by atoms with Gasteiger partial charge in [0.1, 0.15) is 5.82 Å². The summed E-state index contributed by atoms with van der Waals surface area (Å²) in [6.07, 6.45) is 3.36. The lowest BCUT2D eigenvalue weighted by Crippen LogP contribution is -2.46. The summed E-state index contributed by atoms with van der Waals surface area (Å²) in [6, 6.07) is 6.22. The minimum Gasteiger partial charge on any atom is -0.328 e. The standard InChI is InChI=1S/C16H23ClFN3/c17-15-3-1-2-12(16(15)18)10-20-7-6-14(11-20)21-8-4-13(19)5-9-21/h1-3,13-14H,4-11,19H2. The zero-order chi connectivity index (χ0) is 14.8. The van der Waals surface area contributed by atoms with E-state index in [1.807, 2.05) is 12.1 Å². The summed E-state index contributed by atoms with van der Waals surface area (Å²) in [5.41, 5.74) is 6.66. The minimum absolute atomic E-state index is 0.216. The molecule has 1 atom stereocenters. The van der Waals surface area contributed by atoms with Crippen LogP contribution in [0.4, 0.5) is 4.39 Å². The molecule has 116 valence electrons. The normalized spacial score (nSPS) is 25.6. The second kappa shape index (κ2) is 6.61. The molecule has 2 fully saturated rings. The number of likely N-dealkylation sites (tertiary alicyclic amines) is 2. The molecule has 0 amide bonds. The number of piperidine rings is 1. The van der Waals surface area contributed by atoms with Gasteiger partial charge in [-0.3, -0.25) is 9.80 Å². The Bertz CT molecular complexity index is 488. The van der Waals surface area contributed by atoms with Crippen molar-refractivity contribution in [3.05, 3.63) is 34.6 Å². The Kier molecular flexibility index (Phi) is 4.79. The monoisotopic (exact) mass is 311 g/mol. The molecule has 0 aliphatic carbocycles. The second-order valence-corrected chi connectivity index (χ2v) is 6.67. The van der Waals surface area contributed by atoms with E-state index in [4.69, 9.17) is 17.3 Å². The summed E-state index contributed by atoms with van der Waals surface area (Å²) < 4.78 is 14.0. The molecule has 0 spiro atoms. The Morgan fingerprint density at radius 3 is 2.71 bits per heavy atom. The summed E-state index contributed by atoms with van der Waals surface area (Å²) in [6.45, 7) is 4.90. The smallest absolute Gasteiger partial charge is 0.146 e. The number of rotatable bonds is 3. The summed E-state index contributed by atoms with van der Waals surface area (Å²) >= 11 is 5.85. The van der Waals surface area contributed by atoms with Crippen molar-refractivity contribution in [3.8, 4) is 0 Å². The van der Waals surface area contributed by atoms with Gasteiger partial charge in [-0.1, -0.05) is 23.7 Å². The summed E-state index contributed by atoms with van der Waals surface area (Å²) in [5, 5.41) is 0.216. The predicted octanol–water partition coefficient (Wildman–Crippen LogP) is 2.48. The van der Waals surface area contributed by atoms with Crippen LogP contribution in [0.3, 0.4) is 0 Å². The van der Waals surface area contributed by atoms with Crippen LogP contribution in [0.15, 0.2) is 18.2 Å². The lowest BCUT2D eigenvalue weighted by Gasteiger charge is -2.34. The first-order chi connectivity index (χ1) is 10.1. The minimum atomic E-state index is -0.272. The molecule has 2 saturated heterocycles. The molecule has 2 aliphatic rings. The molecule has 2 N–H and O–H groups in total. The van der Waals surface area contributed by atoms with Crippen molar-refractivity contribution in [2.24, 2.45) is 5.73 Å². The molecule has 5 heteroatoms. The Labute approximate surface area is 130 Å². The fraction of sp³-hybridized carbons (Fsp3) is 0.625. The first kappa shape index (κ1) is 15.2. The molecule has 21 heavy (non-hydrogen) atoms. The molecule has 0 saturated carbocycles. The van der Waals surface area contributed by atoms with Gasteiger partial charge in [0.2, 0.25) is 0 Å². The van der Waals surface area contributed by atoms with Crippen LogP contribution in [0.25, 0.3) is 0 Å². The van der Waals surface area contributed by atoms with Crippen molar-refractivity contribution in [2.75, 3.05) is 26.2 Å².